The third-order valence-corrected chi connectivity index (χ3v) is 6.58. The van der Waals surface area contributed by atoms with Crippen LogP contribution >= 0.6 is 0 Å². The van der Waals surface area contributed by atoms with E-state index in [4.69, 9.17) is 10.5 Å². The maximum Gasteiger partial charge on any atom is 0.272 e. The van der Waals surface area contributed by atoms with Gasteiger partial charge in [-0.15, -0.1) is 0 Å². The van der Waals surface area contributed by atoms with Gasteiger partial charge >= 0.3 is 0 Å². The number of rotatable bonds is 14. The summed E-state index contributed by atoms with van der Waals surface area (Å²) >= 11 is 0. The summed E-state index contributed by atoms with van der Waals surface area (Å²) in [5.74, 6) is -0.522. The van der Waals surface area contributed by atoms with Crippen molar-refractivity contribution in [3.05, 3.63) is 74.3 Å². The summed E-state index contributed by atoms with van der Waals surface area (Å²) in [5.41, 5.74) is 11.0. The van der Waals surface area contributed by atoms with Crippen molar-refractivity contribution in [3.63, 3.8) is 0 Å². The van der Waals surface area contributed by atoms with E-state index >= 15 is 0 Å². The van der Waals surface area contributed by atoms with Crippen LogP contribution in [0, 0.1) is 24.0 Å². The van der Waals surface area contributed by atoms with Crippen molar-refractivity contribution >= 4 is 11.6 Å². The zero-order chi connectivity index (χ0) is 23.8. The summed E-state index contributed by atoms with van der Waals surface area (Å²) in [4.78, 5) is 22.5. The highest BCUT2D eigenvalue weighted by molar-refractivity contribution is 5.82. The van der Waals surface area contributed by atoms with E-state index < -0.39 is 18.1 Å². The first-order valence-corrected chi connectivity index (χ1v) is 12.2. The summed E-state index contributed by atoms with van der Waals surface area (Å²) in [6.07, 6.45) is 9.92. The molecule has 178 valence electrons. The molecule has 0 aliphatic carbocycles. The maximum atomic E-state index is 11.5. The molecule has 1 heterocycles. The number of benzene rings is 2. The number of carbonyl (C=O) groups is 1. The van der Waals surface area contributed by atoms with Gasteiger partial charge in [0.1, 0.15) is 6.10 Å². The minimum Gasteiger partial charge on any atom is -0.367 e. The molecule has 2 N–H and O–H groups in total. The Bertz CT molecular complexity index is 973. The Kier molecular flexibility index (Phi) is 9.01. The zero-order valence-electron chi connectivity index (χ0n) is 19.8. The standard InChI is InChI=1S/C27H36N2O4/c1-19-16-17-21(20(2)18-19)12-9-7-5-3-4-6-8-10-13-22-23(25-26(33-25)27(28)30)14-11-15-24(22)29(31)32/h11,14-18,25-26H,3-10,12-13H2,1-2H3,(H2,28,30)/t25-,26+/m0/s1. The highest BCUT2D eigenvalue weighted by atomic mass is 16.6. The van der Waals surface area contributed by atoms with Crippen LogP contribution in [0.5, 0.6) is 0 Å². The number of nitrogens with zero attached hydrogens (tertiary/aromatic N) is 1. The Morgan fingerprint density at radius 3 is 2.18 bits per heavy atom. The second-order valence-electron chi connectivity index (χ2n) is 9.24. The van der Waals surface area contributed by atoms with Gasteiger partial charge in [-0.1, -0.05) is 74.4 Å². The summed E-state index contributed by atoms with van der Waals surface area (Å²) in [6, 6.07) is 11.7. The second kappa shape index (κ2) is 11.9. The van der Waals surface area contributed by atoms with E-state index in [1.165, 1.54) is 54.9 Å². The van der Waals surface area contributed by atoms with Gasteiger partial charge in [0.25, 0.3) is 5.69 Å². The number of carbonyl (C=O) groups excluding carboxylic acids is 1. The lowest BCUT2D eigenvalue weighted by molar-refractivity contribution is -0.385. The Balaban J connectivity index is 1.34. The van der Waals surface area contributed by atoms with Crippen molar-refractivity contribution in [2.45, 2.75) is 90.3 Å². The predicted molar refractivity (Wildman–Crippen MR) is 130 cm³/mol. The fraction of sp³-hybridized carbons (Fsp3) is 0.519. The molecule has 1 saturated heterocycles. The molecule has 6 nitrogen and oxygen atoms in total. The number of nitro benzene ring substituents is 1. The normalized spacial score (nSPS) is 17.2. The molecule has 1 fully saturated rings. The lowest BCUT2D eigenvalue weighted by Crippen LogP contribution is -2.18. The zero-order valence-corrected chi connectivity index (χ0v) is 19.8. The maximum absolute atomic E-state index is 11.5. The van der Waals surface area contributed by atoms with Gasteiger partial charge in [0.15, 0.2) is 6.10 Å². The number of aryl methyl sites for hydroxylation is 3. The molecule has 0 saturated carbocycles. The number of amides is 1. The van der Waals surface area contributed by atoms with Crippen LogP contribution in [0.4, 0.5) is 5.69 Å². The summed E-state index contributed by atoms with van der Waals surface area (Å²) in [6.45, 7) is 4.33. The first-order chi connectivity index (χ1) is 15.9. The molecule has 2 atom stereocenters. The number of epoxide rings is 1. The lowest BCUT2D eigenvalue weighted by Gasteiger charge is -2.09. The van der Waals surface area contributed by atoms with Gasteiger partial charge in [0, 0.05) is 11.6 Å². The average molecular weight is 453 g/mol. The van der Waals surface area contributed by atoms with Crippen LogP contribution in [-0.4, -0.2) is 16.9 Å². The van der Waals surface area contributed by atoms with Crippen LogP contribution in [0.25, 0.3) is 0 Å². The predicted octanol–water partition coefficient (Wildman–Crippen LogP) is 6.04. The molecule has 0 radical (unpaired) electrons. The van der Waals surface area contributed by atoms with Crippen LogP contribution in [0.2, 0.25) is 0 Å². The smallest absolute Gasteiger partial charge is 0.272 e. The van der Waals surface area contributed by atoms with Crippen LogP contribution < -0.4 is 5.73 Å². The molecule has 2 aromatic rings. The van der Waals surface area contributed by atoms with E-state index in [2.05, 4.69) is 32.0 Å². The van der Waals surface area contributed by atoms with E-state index in [-0.39, 0.29) is 10.6 Å². The molecule has 0 aromatic heterocycles. The average Bonchev–Trinajstić information content (AvgIpc) is 3.57. The van der Waals surface area contributed by atoms with Crippen molar-refractivity contribution in [2.24, 2.45) is 5.73 Å². The van der Waals surface area contributed by atoms with E-state index in [1.807, 2.05) is 6.07 Å². The van der Waals surface area contributed by atoms with Crippen molar-refractivity contribution in [2.75, 3.05) is 0 Å². The fourth-order valence-electron chi connectivity index (χ4n) is 4.67. The van der Waals surface area contributed by atoms with Gasteiger partial charge in [-0.05, 0) is 56.2 Å². The molecule has 0 unspecified atom stereocenters. The molecule has 3 rings (SSSR count). The highest BCUT2D eigenvalue weighted by Gasteiger charge is 2.46. The number of hydrogen-bond acceptors (Lipinski definition) is 4. The Hall–Kier alpha value is -2.73. The van der Waals surface area contributed by atoms with Gasteiger partial charge in [0.2, 0.25) is 5.91 Å². The minimum atomic E-state index is -0.666. The lowest BCUT2D eigenvalue weighted by atomic mass is 9.95. The number of unbranched alkanes of at least 4 members (excludes halogenated alkanes) is 7. The van der Waals surface area contributed by atoms with E-state index in [0.717, 1.165) is 31.2 Å². The minimum absolute atomic E-state index is 0.107. The van der Waals surface area contributed by atoms with Crippen LogP contribution in [0.15, 0.2) is 36.4 Å². The van der Waals surface area contributed by atoms with E-state index in [0.29, 0.717) is 12.0 Å². The highest BCUT2D eigenvalue weighted by Crippen LogP contribution is 2.42. The molecule has 1 amide bonds. The fourth-order valence-corrected chi connectivity index (χ4v) is 4.67. The van der Waals surface area contributed by atoms with Crippen LogP contribution in [-0.2, 0) is 22.4 Å². The first-order valence-electron chi connectivity index (χ1n) is 12.2. The number of ether oxygens (including phenoxy) is 1. The van der Waals surface area contributed by atoms with Crippen molar-refractivity contribution in [3.8, 4) is 0 Å². The topological polar surface area (TPSA) is 98.8 Å². The summed E-state index contributed by atoms with van der Waals surface area (Å²) < 4.78 is 5.37. The van der Waals surface area contributed by atoms with Crippen LogP contribution in [0.1, 0.15) is 85.3 Å². The van der Waals surface area contributed by atoms with Crippen LogP contribution in [0.3, 0.4) is 0 Å². The van der Waals surface area contributed by atoms with Crippen molar-refractivity contribution < 1.29 is 14.5 Å². The number of primary amides is 1. The summed E-state index contributed by atoms with van der Waals surface area (Å²) in [5, 5.41) is 11.5. The number of nitrogens with two attached hydrogens (primary N) is 1. The monoisotopic (exact) mass is 452 g/mol. The van der Waals surface area contributed by atoms with Crippen molar-refractivity contribution in [1.29, 1.82) is 0 Å². The Labute approximate surface area is 196 Å². The van der Waals surface area contributed by atoms with E-state index in [9.17, 15) is 14.9 Å². The van der Waals surface area contributed by atoms with Gasteiger partial charge in [0.05, 0.1) is 4.92 Å². The van der Waals surface area contributed by atoms with Gasteiger partial charge in [-0.2, -0.15) is 0 Å². The van der Waals surface area contributed by atoms with E-state index in [1.54, 1.807) is 6.07 Å². The Morgan fingerprint density at radius 1 is 0.970 bits per heavy atom. The quantitative estimate of drug-likeness (QED) is 0.163. The van der Waals surface area contributed by atoms with Gasteiger partial charge in [-0.25, -0.2) is 0 Å². The third-order valence-electron chi connectivity index (χ3n) is 6.58. The molecule has 1 aliphatic heterocycles. The SMILES string of the molecule is Cc1ccc(CCCCCCCCCCc2c([C@@H]3O[C@H]3C(N)=O)cccc2[N+](=O)[O-])c(C)c1. The molecule has 2 aromatic carbocycles. The van der Waals surface area contributed by atoms with Crippen molar-refractivity contribution in [1.82, 2.24) is 0 Å². The molecule has 0 spiro atoms. The molecule has 33 heavy (non-hydrogen) atoms. The molecule has 6 heteroatoms. The first kappa shape index (κ1) is 24.9. The largest absolute Gasteiger partial charge is 0.367 e. The molecule has 0 bridgehead atoms. The van der Waals surface area contributed by atoms with Gasteiger partial charge in [-0.3, -0.25) is 14.9 Å². The number of nitro groups is 1. The molecular weight excluding hydrogens is 416 g/mol. The molecular formula is C27H36N2O4. The third kappa shape index (κ3) is 7.13. The Morgan fingerprint density at radius 2 is 1.61 bits per heavy atom. The number of hydrogen-bond donors (Lipinski definition) is 1. The second-order valence-corrected chi connectivity index (χ2v) is 9.24. The summed E-state index contributed by atoms with van der Waals surface area (Å²) in [7, 11) is 0. The molecule has 1 aliphatic rings. The van der Waals surface area contributed by atoms with Gasteiger partial charge < -0.3 is 10.5 Å².